The van der Waals surface area contributed by atoms with Gasteiger partial charge in [0.1, 0.15) is 5.92 Å². The van der Waals surface area contributed by atoms with E-state index in [1.807, 2.05) is 39.0 Å². The lowest BCUT2D eigenvalue weighted by Gasteiger charge is -2.22. The van der Waals surface area contributed by atoms with E-state index in [1.54, 1.807) is 0 Å². The van der Waals surface area contributed by atoms with E-state index in [-0.39, 0.29) is 5.41 Å². The SMILES string of the molecule is CC(C)(C)C(C#CCCc1ccccc1)C(=O)O. The highest BCUT2D eigenvalue weighted by Crippen LogP contribution is 2.25. The Kier molecular flexibility index (Phi) is 4.97. The number of aliphatic carboxylic acids is 1. The van der Waals surface area contributed by atoms with Crippen molar-refractivity contribution >= 4 is 5.97 Å². The Hall–Kier alpha value is -1.75. The summed E-state index contributed by atoms with van der Waals surface area (Å²) in [5.41, 5.74) is 0.903. The maximum Gasteiger partial charge on any atom is 0.319 e. The lowest BCUT2D eigenvalue weighted by Crippen LogP contribution is -2.26. The molecule has 0 saturated heterocycles. The van der Waals surface area contributed by atoms with Gasteiger partial charge in [-0.05, 0) is 17.4 Å². The topological polar surface area (TPSA) is 37.3 Å². The van der Waals surface area contributed by atoms with Gasteiger partial charge in [-0.3, -0.25) is 4.79 Å². The highest BCUT2D eigenvalue weighted by Gasteiger charge is 2.29. The predicted molar refractivity (Wildman–Crippen MR) is 73.1 cm³/mol. The van der Waals surface area contributed by atoms with E-state index in [0.29, 0.717) is 6.42 Å². The van der Waals surface area contributed by atoms with E-state index in [1.165, 1.54) is 5.56 Å². The number of benzene rings is 1. The van der Waals surface area contributed by atoms with Crippen molar-refractivity contribution in [1.29, 1.82) is 0 Å². The van der Waals surface area contributed by atoms with Crippen molar-refractivity contribution in [3.05, 3.63) is 35.9 Å². The van der Waals surface area contributed by atoms with Gasteiger partial charge in [-0.15, -0.1) is 5.92 Å². The summed E-state index contributed by atoms with van der Waals surface area (Å²) >= 11 is 0. The number of rotatable bonds is 3. The average Bonchev–Trinajstić information content (AvgIpc) is 2.27. The van der Waals surface area contributed by atoms with E-state index < -0.39 is 11.9 Å². The second-order valence-electron chi connectivity index (χ2n) is 5.44. The number of carbonyl (C=O) groups is 1. The Morgan fingerprint density at radius 2 is 1.89 bits per heavy atom. The summed E-state index contributed by atoms with van der Waals surface area (Å²) in [6.07, 6.45) is 1.56. The molecule has 1 aromatic rings. The molecule has 1 atom stereocenters. The van der Waals surface area contributed by atoms with Gasteiger partial charge < -0.3 is 5.11 Å². The van der Waals surface area contributed by atoms with Crippen molar-refractivity contribution in [3.8, 4) is 11.8 Å². The third-order valence-corrected chi connectivity index (χ3v) is 2.74. The molecule has 1 aromatic carbocycles. The molecule has 0 fully saturated rings. The molecule has 0 heterocycles. The van der Waals surface area contributed by atoms with Crippen LogP contribution in [-0.4, -0.2) is 11.1 Å². The van der Waals surface area contributed by atoms with Crippen LogP contribution in [0.3, 0.4) is 0 Å². The molecule has 96 valence electrons. The molecule has 1 N–H and O–H groups in total. The van der Waals surface area contributed by atoms with Crippen LogP contribution in [0, 0.1) is 23.2 Å². The molecule has 0 radical (unpaired) electrons. The van der Waals surface area contributed by atoms with Crippen molar-refractivity contribution < 1.29 is 9.90 Å². The molecule has 2 heteroatoms. The minimum atomic E-state index is -0.838. The summed E-state index contributed by atoms with van der Waals surface area (Å²) in [6.45, 7) is 5.70. The Balaban J connectivity index is 2.57. The van der Waals surface area contributed by atoms with Crippen molar-refractivity contribution in [2.24, 2.45) is 11.3 Å². The van der Waals surface area contributed by atoms with E-state index in [4.69, 9.17) is 5.11 Å². The number of carboxylic acids is 1. The van der Waals surface area contributed by atoms with E-state index in [2.05, 4.69) is 24.0 Å². The van der Waals surface area contributed by atoms with Crippen molar-refractivity contribution in [3.63, 3.8) is 0 Å². The zero-order valence-corrected chi connectivity index (χ0v) is 11.2. The number of aryl methyl sites for hydroxylation is 1. The molecule has 0 bridgehead atoms. The summed E-state index contributed by atoms with van der Waals surface area (Å²) in [5.74, 6) is 4.43. The van der Waals surface area contributed by atoms with Crippen LogP contribution in [0.1, 0.15) is 32.8 Å². The van der Waals surface area contributed by atoms with Gasteiger partial charge in [0.2, 0.25) is 0 Å². The van der Waals surface area contributed by atoms with Gasteiger partial charge in [-0.1, -0.05) is 57.0 Å². The van der Waals surface area contributed by atoms with Crippen LogP contribution in [-0.2, 0) is 11.2 Å². The van der Waals surface area contributed by atoms with Gasteiger partial charge in [-0.25, -0.2) is 0 Å². The maximum atomic E-state index is 11.1. The molecule has 2 nitrogen and oxygen atoms in total. The smallest absolute Gasteiger partial charge is 0.319 e. The Labute approximate surface area is 109 Å². The zero-order chi connectivity index (χ0) is 13.6. The molecule has 0 saturated carbocycles. The summed E-state index contributed by atoms with van der Waals surface area (Å²) < 4.78 is 0. The second-order valence-corrected chi connectivity index (χ2v) is 5.44. The van der Waals surface area contributed by atoms with Gasteiger partial charge in [0.25, 0.3) is 0 Å². The molecule has 18 heavy (non-hydrogen) atoms. The number of hydrogen-bond acceptors (Lipinski definition) is 1. The average molecular weight is 244 g/mol. The minimum absolute atomic E-state index is 0.328. The standard InChI is InChI=1S/C16H20O2/c1-16(2,3)14(15(17)18)12-8-7-11-13-9-5-4-6-10-13/h4-6,9-10,14H,7,11H2,1-3H3,(H,17,18). The molecule has 0 spiro atoms. The van der Waals surface area contributed by atoms with Crippen LogP contribution in [0.5, 0.6) is 0 Å². The molecule has 0 aliphatic rings. The first-order valence-corrected chi connectivity index (χ1v) is 6.16. The van der Waals surface area contributed by atoms with Crippen molar-refractivity contribution in [1.82, 2.24) is 0 Å². The largest absolute Gasteiger partial charge is 0.480 e. The third kappa shape index (κ3) is 4.63. The second kappa shape index (κ2) is 6.26. The fourth-order valence-corrected chi connectivity index (χ4v) is 1.67. The Morgan fingerprint density at radius 3 is 2.39 bits per heavy atom. The zero-order valence-electron chi connectivity index (χ0n) is 11.2. The predicted octanol–water partition coefficient (Wildman–Crippen LogP) is 3.37. The summed E-state index contributed by atoms with van der Waals surface area (Å²) in [7, 11) is 0. The van der Waals surface area contributed by atoms with Crippen LogP contribution < -0.4 is 0 Å². The first-order chi connectivity index (χ1) is 8.41. The van der Waals surface area contributed by atoms with Gasteiger partial charge >= 0.3 is 5.97 Å². The fourth-order valence-electron chi connectivity index (χ4n) is 1.67. The van der Waals surface area contributed by atoms with E-state index in [9.17, 15) is 4.79 Å². The van der Waals surface area contributed by atoms with E-state index in [0.717, 1.165) is 6.42 Å². The first-order valence-electron chi connectivity index (χ1n) is 6.16. The first kappa shape index (κ1) is 14.3. The molecular formula is C16H20O2. The van der Waals surface area contributed by atoms with Gasteiger partial charge in [0.05, 0.1) is 0 Å². The van der Waals surface area contributed by atoms with Crippen LogP contribution in [0.25, 0.3) is 0 Å². The Morgan fingerprint density at radius 1 is 1.28 bits per heavy atom. The van der Waals surface area contributed by atoms with Crippen molar-refractivity contribution in [2.45, 2.75) is 33.6 Å². The minimum Gasteiger partial charge on any atom is -0.480 e. The molecule has 0 aromatic heterocycles. The normalized spacial score (nSPS) is 12.4. The highest BCUT2D eigenvalue weighted by molar-refractivity contribution is 5.74. The molecule has 0 aliphatic heterocycles. The number of carboxylic acid groups (broad SMARTS) is 1. The quantitative estimate of drug-likeness (QED) is 0.828. The lowest BCUT2D eigenvalue weighted by atomic mass is 9.81. The van der Waals surface area contributed by atoms with Crippen LogP contribution >= 0.6 is 0 Å². The maximum absolute atomic E-state index is 11.1. The highest BCUT2D eigenvalue weighted by atomic mass is 16.4. The van der Waals surface area contributed by atoms with Crippen LogP contribution in [0.4, 0.5) is 0 Å². The van der Waals surface area contributed by atoms with E-state index >= 15 is 0 Å². The lowest BCUT2D eigenvalue weighted by molar-refractivity contribution is -0.142. The molecule has 1 unspecified atom stereocenters. The summed E-state index contributed by atoms with van der Waals surface area (Å²) in [6, 6.07) is 10.1. The van der Waals surface area contributed by atoms with Gasteiger partial charge in [0, 0.05) is 6.42 Å². The van der Waals surface area contributed by atoms with Gasteiger partial charge in [-0.2, -0.15) is 0 Å². The van der Waals surface area contributed by atoms with Crippen molar-refractivity contribution in [2.75, 3.05) is 0 Å². The van der Waals surface area contributed by atoms with Gasteiger partial charge in [0.15, 0.2) is 0 Å². The number of hydrogen-bond donors (Lipinski definition) is 1. The fraction of sp³-hybridized carbons (Fsp3) is 0.438. The summed E-state index contributed by atoms with van der Waals surface area (Å²) in [5, 5.41) is 9.12. The summed E-state index contributed by atoms with van der Waals surface area (Å²) in [4.78, 5) is 11.1. The molecule has 1 rings (SSSR count). The monoisotopic (exact) mass is 244 g/mol. The molecular weight excluding hydrogens is 224 g/mol. The molecule has 0 aliphatic carbocycles. The van der Waals surface area contributed by atoms with Crippen LogP contribution in [0.15, 0.2) is 30.3 Å². The van der Waals surface area contributed by atoms with Crippen LogP contribution in [0.2, 0.25) is 0 Å². The third-order valence-electron chi connectivity index (χ3n) is 2.74. The Bertz CT molecular complexity index is 443. The molecule has 0 amide bonds.